The van der Waals surface area contributed by atoms with Crippen LogP contribution in [-0.2, 0) is 19.4 Å². The molecule has 114 valence electrons. The van der Waals surface area contributed by atoms with E-state index in [0.29, 0.717) is 0 Å². The van der Waals surface area contributed by atoms with Crippen molar-refractivity contribution in [3.8, 4) is 0 Å². The molecule has 1 fully saturated rings. The van der Waals surface area contributed by atoms with Gasteiger partial charge in [-0.2, -0.15) is 0 Å². The molecule has 1 saturated carbocycles. The summed E-state index contributed by atoms with van der Waals surface area (Å²) >= 11 is 0. The lowest BCUT2D eigenvalue weighted by molar-refractivity contribution is -0.129. The SMILES string of the molecule is Cc1ccc(S(=O)(=O)CCC(=O)NNC(=O)C2CC2)cc1. The number of nitrogens with one attached hydrogen (secondary N) is 2. The highest BCUT2D eigenvalue weighted by Crippen LogP contribution is 2.28. The molecule has 1 aliphatic rings. The smallest absolute Gasteiger partial charge is 0.241 e. The van der Waals surface area contributed by atoms with Crippen molar-refractivity contribution in [1.29, 1.82) is 0 Å². The predicted molar refractivity (Wildman–Crippen MR) is 76.9 cm³/mol. The summed E-state index contributed by atoms with van der Waals surface area (Å²) in [7, 11) is -3.49. The van der Waals surface area contributed by atoms with Crippen LogP contribution in [-0.4, -0.2) is 26.0 Å². The first-order valence-corrected chi connectivity index (χ1v) is 8.42. The summed E-state index contributed by atoms with van der Waals surface area (Å²) in [4.78, 5) is 23.0. The van der Waals surface area contributed by atoms with E-state index in [1.54, 1.807) is 12.1 Å². The number of hydrazine groups is 1. The minimum Gasteiger partial charge on any atom is -0.273 e. The van der Waals surface area contributed by atoms with Crippen molar-refractivity contribution in [2.24, 2.45) is 5.92 Å². The Balaban J connectivity index is 1.81. The van der Waals surface area contributed by atoms with Crippen molar-refractivity contribution >= 4 is 21.7 Å². The third-order valence-corrected chi connectivity index (χ3v) is 4.98. The van der Waals surface area contributed by atoms with Crippen LogP contribution in [0.15, 0.2) is 29.2 Å². The van der Waals surface area contributed by atoms with Crippen molar-refractivity contribution in [2.45, 2.75) is 31.1 Å². The van der Waals surface area contributed by atoms with Crippen molar-refractivity contribution in [3.05, 3.63) is 29.8 Å². The topological polar surface area (TPSA) is 92.3 Å². The average molecular weight is 310 g/mol. The van der Waals surface area contributed by atoms with Crippen molar-refractivity contribution < 1.29 is 18.0 Å². The molecule has 2 N–H and O–H groups in total. The zero-order valence-corrected chi connectivity index (χ0v) is 12.6. The van der Waals surface area contributed by atoms with Gasteiger partial charge in [0.1, 0.15) is 0 Å². The van der Waals surface area contributed by atoms with Crippen LogP contribution in [0, 0.1) is 12.8 Å². The number of carbonyl (C=O) groups is 2. The van der Waals surface area contributed by atoms with Gasteiger partial charge in [0.2, 0.25) is 11.8 Å². The fraction of sp³-hybridized carbons (Fsp3) is 0.429. The molecule has 0 aromatic heterocycles. The van der Waals surface area contributed by atoms with Gasteiger partial charge < -0.3 is 0 Å². The standard InChI is InChI=1S/C14H18N2O4S/c1-10-2-6-12(7-3-10)21(19,20)9-8-13(17)15-16-14(18)11-4-5-11/h2-3,6-7,11H,4-5,8-9H2,1H3,(H,15,17)(H,16,18). The van der Waals surface area contributed by atoms with E-state index in [1.807, 2.05) is 6.92 Å². The van der Waals surface area contributed by atoms with Crippen LogP contribution >= 0.6 is 0 Å². The molecule has 0 radical (unpaired) electrons. The van der Waals surface area contributed by atoms with Gasteiger partial charge in [-0.3, -0.25) is 20.4 Å². The van der Waals surface area contributed by atoms with E-state index in [0.717, 1.165) is 18.4 Å². The van der Waals surface area contributed by atoms with Crippen molar-refractivity contribution in [3.63, 3.8) is 0 Å². The largest absolute Gasteiger partial charge is 0.273 e. The van der Waals surface area contributed by atoms with Gasteiger partial charge in [0.25, 0.3) is 0 Å². The first kappa shape index (κ1) is 15.5. The molecule has 1 aromatic rings. The van der Waals surface area contributed by atoms with Crippen LogP contribution in [0.25, 0.3) is 0 Å². The zero-order valence-electron chi connectivity index (χ0n) is 11.8. The van der Waals surface area contributed by atoms with E-state index in [-0.39, 0.29) is 28.9 Å². The maximum atomic E-state index is 12.0. The number of hydrogen-bond acceptors (Lipinski definition) is 4. The van der Waals surface area contributed by atoms with Gasteiger partial charge in [-0.25, -0.2) is 8.42 Å². The highest BCUT2D eigenvalue weighted by molar-refractivity contribution is 7.91. The van der Waals surface area contributed by atoms with Crippen molar-refractivity contribution in [2.75, 3.05) is 5.75 Å². The number of benzene rings is 1. The van der Waals surface area contributed by atoms with Gasteiger partial charge in [-0.05, 0) is 31.9 Å². The minimum absolute atomic E-state index is 0.0124. The maximum Gasteiger partial charge on any atom is 0.241 e. The van der Waals surface area contributed by atoms with Crippen LogP contribution in [0.5, 0.6) is 0 Å². The monoisotopic (exact) mass is 310 g/mol. The lowest BCUT2D eigenvalue weighted by Gasteiger charge is -2.07. The molecular formula is C14H18N2O4S. The maximum absolute atomic E-state index is 12.0. The van der Waals surface area contributed by atoms with Gasteiger partial charge in [0.15, 0.2) is 9.84 Å². The summed E-state index contributed by atoms with van der Waals surface area (Å²) in [5, 5.41) is 0. The predicted octanol–water partition coefficient (Wildman–Crippen LogP) is 0.716. The van der Waals surface area contributed by atoms with Gasteiger partial charge >= 0.3 is 0 Å². The van der Waals surface area contributed by atoms with Crippen LogP contribution in [0.1, 0.15) is 24.8 Å². The fourth-order valence-corrected chi connectivity index (χ4v) is 2.97. The lowest BCUT2D eigenvalue weighted by atomic mass is 10.2. The van der Waals surface area contributed by atoms with E-state index in [2.05, 4.69) is 10.9 Å². The zero-order chi connectivity index (χ0) is 15.5. The molecule has 2 amide bonds. The molecule has 21 heavy (non-hydrogen) atoms. The molecule has 0 unspecified atom stereocenters. The van der Waals surface area contributed by atoms with E-state index in [4.69, 9.17) is 0 Å². The quantitative estimate of drug-likeness (QED) is 0.784. The Hall–Kier alpha value is -1.89. The second-order valence-corrected chi connectivity index (χ2v) is 7.30. The molecule has 2 rings (SSSR count). The number of carbonyl (C=O) groups excluding carboxylic acids is 2. The van der Waals surface area contributed by atoms with Gasteiger partial charge in [-0.15, -0.1) is 0 Å². The number of sulfone groups is 1. The molecule has 0 aliphatic heterocycles. The highest BCUT2D eigenvalue weighted by atomic mass is 32.2. The van der Waals surface area contributed by atoms with Gasteiger partial charge in [-0.1, -0.05) is 17.7 Å². The Kier molecular flexibility index (Phi) is 4.62. The summed E-state index contributed by atoms with van der Waals surface area (Å²) in [5.74, 6) is -1.03. The van der Waals surface area contributed by atoms with Crippen LogP contribution in [0.3, 0.4) is 0 Å². The summed E-state index contributed by atoms with van der Waals surface area (Å²) in [6, 6.07) is 6.47. The second-order valence-electron chi connectivity index (χ2n) is 5.19. The molecule has 6 nitrogen and oxygen atoms in total. The minimum atomic E-state index is -3.49. The molecule has 1 aliphatic carbocycles. The summed E-state index contributed by atoms with van der Waals surface area (Å²) < 4.78 is 24.1. The Morgan fingerprint density at radius 3 is 2.33 bits per heavy atom. The van der Waals surface area contributed by atoms with E-state index in [9.17, 15) is 18.0 Å². The van der Waals surface area contributed by atoms with Crippen LogP contribution in [0.2, 0.25) is 0 Å². The first-order chi connectivity index (χ1) is 9.88. The third-order valence-electron chi connectivity index (χ3n) is 3.25. The first-order valence-electron chi connectivity index (χ1n) is 6.76. The average Bonchev–Trinajstić information content (AvgIpc) is 3.27. The Morgan fingerprint density at radius 1 is 1.14 bits per heavy atom. The molecule has 0 heterocycles. The second kappa shape index (κ2) is 6.26. The summed E-state index contributed by atoms with van der Waals surface area (Å²) in [5.41, 5.74) is 5.50. The van der Waals surface area contributed by atoms with Gasteiger partial charge in [0, 0.05) is 12.3 Å². The van der Waals surface area contributed by atoms with Crippen LogP contribution in [0.4, 0.5) is 0 Å². The molecular weight excluding hydrogens is 292 g/mol. The number of rotatable bonds is 5. The van der Waals surface area contributed by atoms with Crippen molar-refractivity contribution in [1.82, 2.24) is 10.9 Å². The van der Waals surface area contributed by atoms with E-state index >= 15 is 0 Å². The molecule has 0 bridgehead atoms. The van der Waals surface area contributed by atoms with E-state index in [1.165, 1.54) is 12.1 Å². The third kappa shape index (κ3) is 4.56. The molecule has 0 spiro atoms. The Bertz CT molecular complexity index is 633. The molecule has 1 aromatic carbocycles. The highest BCUT2D eigenvalue weighted by Gasteiger charge is 2.29. The number of amides is 2. The molecule has 0 saturated heterocycles. The number of aryl methyl sites for hydroxylation is 1. The number of hydrogen-bond donors (Lipinski definition) is 2. The lowest BCUT2D eigenvalue weighted by Crippen LogP contribution is -2.42. The normalized spacial score (nSPS) is 14.5. The summed E-state index contributed by atoms with van der Waals surface area (Å²) in [6.07, 6.45) is 1.48. The Morgan fingerprint density at radius 2 is 1.76 bits per heavy atom. The van der Waals surface area contributed by atoms with Crippen LogP contribution < -0.4 is 10.9 Å². The summed E-state index contributed by atoms with van der Waals surface area (Å²) in [6.45, 7) is 1.87. The van der Waals surface area contributed by atoms with E-state index < -0.39 is 15.7 Å². The fourth-order valence-electron chi connectivity index (χ4n) is 1.73. The molecule has 7 heteroatoms. The van der Waals surface area contributed by atoms with Gasteiger partial charge in [0.05, 0.1) is 10.6 Å². The Labute approximate surface area is 123 Å². The molecule has 0 atom stereocenters.